The van der Waals surface area contributed by atoms with Crippen LogP contribution in [0.4, 0.5) is 5.82 Å². The molecule has 0 amide bonds. The van der Waals surface area contributed by atoms with Crippen molar-refractivity contribution in [3.63, 3.8) is 0 Å². The number of ether oxygens (including phenoxy) is 1. The second kappa shape index (κ2) is 7.05. The van der Waals surface area contributed by atoms with E-state index >= 15 is 0 Å². The van der Waals surface area contributed by atoms with E-state index in [9.17, 15) is 13.2 Å². The van der Waals surface area contributed by atoms with Crippen LogP contribution in [0.15, 0.2) is 18.3 Å². The molecule has 0 aliphatic heterocycles. The van der Waals surface area contributed by atoms with Crippen molar-refractivity contribution in [2.75, 3.05) is 31.3 Å². The van der Waals surface area contributed by atoms with Gasteiger partial charge in [0.2, 0.25) is 10.0 Å². The first-order chi connectivity index (χ1) is 8.92. The Labute approximate surface area is 112 Å². The number of pyridine rings is 1. The van der Waals surface area contributed by atoms with Gasteiger partial charge in [-0.1, -0.05) is 0 Å². The van der Waals surface area contributed by atoms with E-state index in [1.54, 1.807) is 19.1 Å². The molecular formula is C11H17N3O4S. The molecule has 0 saturated heterocycles. The highest BCUT2D eigenvalue weighted by atomic mass is 32.2. The summed E-state index contributed by atoms with van der Waals surface area (Å²) in [5.41, 5.74) is 0.377. The van der Waals surface area contributed by atoms with Crippen molar-refractivity contribution in [1.82, 2.24) is 9.71 Å². The number of hydrogen-bond donors (Lipinski definition) is 2. The molecule has 0 saturated carbocycles. The van der Waals surface area contributed by atoms with Gasteiger partial charge < -0.3 is 10.1 Å². The van der Waals surface area contributed by atoms with Crippen molar-refractivity contribution in [3.05, 3.63) is 23.9 Å². The normalized spacial score (nSPS) is 11.1. The summed E-state index contributed by atoms with van der Waals surface area (Å²) in [6, 6.07) is 3.23. The smallest absolute Gasteiger partial charge is 0.339 e. The fraction of sp³-hybridized carbons (Fsp3) is 0.455. The molecule has 0 aliphatic carbocycles. The maximum Gasteiger partial charge on any atom is 0.339 e. The Morgan fingerprint density at radius 3 is 2.63 bits per heavy atom. The maximum absolute atomic E-state index is 11.4. The summed E-state index contributed by atoms with van der Waals surface area (Å²) < 4.78 is 28.8. The minimum absolute atomic E-state index is 0.264. The lowest BCUT2D eigenvalue weighted by Gasteiger charge is -2.06. The SMILES string of the molecule is CCOC(=O)c1ccc(NCCNS(C)(=O)=O)nc1. The lowest BCUT2D eigenvalue weighted by molar-refractivity contribution is 0.0526. The summed E-state index contributed by atoms with van der Waals surface area (Å²) in [6.45, 7) is 2.71. The highest BCUT2D eigenvalue weighted by molar-refractivity contribution is 7.88. The molecular weight excluding hydrogens is 270 g/mol. The van der Waals surface area contributed by atoms with E-state index < -0.39 is 16.0 Å². The number of anilines is 1. The Morgan fingerprint density at radius 2 is 2.11 bits per heavy atom. The first-order valence-corrected chi connectivity index (χ1v) is 7.63. The first kappa shape index (κ1) is 15.4. The van der Waals surface area contributed by atoms with Crippen LogP contribution < -0.4 is 10.0 Å². The Morgan fingerprint density at radius 1 is 1.37 bits per heavy atom. The molecule has 8 heteroatoms. The Kier molecular flexibility index (Phi) is 5.71. The molecule has 0 aliphatic rings. The lowest BCUT2D eigenvalue weighted by Crippen LogP contribution is -2.27. The van der Waals surface area contributed by atoms with Crippen molar-refractivity contribution in [3.8, 4) is 0 Å². The molecule has 0 radical (unpaired) electrons. The molecule has 2 N–H and O–H groups in total. The van der Waals surface area contributed by atoms with Gasteiger partial charge in [-0.05, 0) is 19.1 Å². The summed E-state index contributed by atoms with van der Waals surface area (Å²) in [4.78, 5) is 15.4. The molecule has 0 aromatic carbocycles. The maximum atomic E-state index is 11.4. The molecule has 0 bridgehead atoms. The molecule has 0 unspecified atom stereocenters. The highest BCUT2D eigenvalue weighted by Crippen LogP contribution is 2.05. The predicted octanol–water partition coefficient (Wildman–Crippen LogP) is 0.219. The van der Waals surface area contributed by atoms with Gasteiger partial charge in [-0.2, -0.15) is 0 Å². The van der Waals surface area contributed by atoms with E-state index in [2.05, 4.69) is 15.0 Å². The van der Waals surface area contributed by atoms with Crippen LogP contribution in [0.2, 0.25) is 0 Å². The average molecular weight is 287 g/mol. The monoisotopic (exact) mass is 287 g/mol. The van der Waals surface area contributed by atoms with Crippen LogP contribution in [0.5, 0.6) is 0 Å². The van der Waals surface area contributed by atoms with Crippen molar-refractivity contribution in [2.24, 2.45) is 0 Å². The van der Waals surface area contributed by atoms with Gasteiger partial charge in [0.1, 0.15) is 5.82 Å². The van der Waals surface area contributed by atoms with Gasteiger partial charge in [0.05, 0.1) is 18.4 Å². The van der Waals surface area contributed by atoms with Gasteiger partial charge in [-0.15, -0.1) is 0 Å². The summed E-state index contributed by atoms with van der Waals surface area (Å²) in [5, 5.41) is 2.93. The summed E-state index contributed by atoms with van der Waals surface area (Å²) in [5.74, 6) is 0.142. The summed E-state index contributed by atoms with van der Waals surface area (Å²) in [6.07, 6.45) is 2.50. The van der Waals surface area contributed by atoms with Crippen LogP contribution in [0, 0.1) is 0 Å². The second-order valence-corrected chi connectivity index (χ2v) is 5.58. The van der Waals surface area contributed by atoms with Crippen LogP contribution in [0.3, 0.4) is 0 Å². The fourth-order valence-corrected chi connectivity index (χ4v) is 1.73. The minimum Gasteiger partial charge on any atom is -0.462 e. The fourth-order valence-electron chi connectivity index (χ4n) is 1.26. The van der Waals surface area contributed by atoms with E-state index in [0.29, 0.717) is 24.5 Å². The van der Waals surface area contributed by atoms with Crippen LogP contribution in [0.1, 0.15) is 17.3 Å². The van der Waals surface area contributed by atoms with Crippen LogP contribution in [-0.4, -0.2) is 45.3 Å². The zero-order chi connectivity index (χ0) is 14.3. The predicted molar refractivity (Wildman–Crippen MR) is 71.5 cm³/mol. The average Bonchev–Trinajstić information content (AvgIpc) is 2.34. The van der Waals surface area contributed by atoms with Gasteiger partial charge >= 0.3 is 5.97 Å². The third-order valence-electron chi connectivity index (χ3n) is 2.07. The van der Waals surface area contributed by atoms with Gasteiger partial charge in [0.25, 0.3) is 0 Å². The summed E-state index contributed by atoms with van der Waals surface area (Å²) in [7, 11) is -3.17. The number of carbonyl (C=O) groups is 1. The molecule has 19 heavy (non-hydrogen) atoms. The standard InChI is InChI=1S/C11H17N3O4S/c1-3-18-11(15)9-4-5-10(13-8-9)12-6-7-14-19(2,16)17/h4-5,8,14H,3,6-7H2,1-2H3,(H,12,13). The number of nitrogens with zero attached hydrogens (tertiary/aromatic N) is 1. The van der Waals surface area contributed by atoms with Gasteiger partial charge in [-0.3, -0.25) is 0 Å². The Hall–Kier alpha value is -1.67. The van der Waals surface area contributed by atoms with Gasteiger partial charge in [0.15, 0.2) is 0 Å². The third kappa shape index (κ3) is 6.16. The van der Waals surface area contributed by atoms with Gasteiger partial charge in [-0.25, -0.2) is 22.9 Å². The summed E-state index contributed by atoms with van der Waals surface area (Å²) >= 11 is 0. The molecule has 1 aromatic heterocycles. The number of nitrogens with one attached hydrogen (secondary N) is 2. The molecule has 0 atom stereocenters. The number of rotatable bonds is 7. The highest BCUT2D eigenvalue weighted by Gasteiger charge is 2.06. The van der Waals surface area contributed by atoms with Crippen molar-refractivity contribution < 1.29 is 17.9 Å². The Balaban J connectivity index is 2.42. The van der Waals surface area contributed by atoms with E-state index in [0.717, 1.165) is 6.26 Å². The number of sulfonamides is 1. The van der Waals surface area contributed by atoms with E-state index in [1.165, 1.54) is 6.20 Å². The van der Waals surface area contributed by atoms with Crippen molar-refractivity contribution in [1.29, 1.82) is 0 Å². The van der Waals surface area contributed by atoms with E-state index in [4.69, 9.17) is 4.74 Å². The number of carbonyl (C=O) groups excluding carboxylic acids is 1. The molecule has 1 heterocycles. The zero-order valence-corrected chi connectivity index (χ0v) is 11.7. The van der Waals surface area contributed by atoms with Gasteiger partial charge in [0, 0.05) is 19.3 Å². The first-order valence-electron chi connectivity index (χ1n) is 5.74. The molecule has 1 aromatic rings. The second-order valence-electron chi connectivity index (χ2n) is 3.75. The van der Waals surface area contributed by atoms with Crippen molar-refractivity contribution >= 4 is 21.8 Å². The lowest BCUT2D eigenvalue weighted by atomic mass is 10.3. The van der Waals surface area contributed by atoms with E-state index in [-0.39, 0.29) is 6.54 Å². The largest absolute Gasteiger partial charge is 0.462 e. The molecule has 0 spiro atoms. The van der Waals surface area contributed by atoms with E-state index in [1.807, 2.05) is 0 Å². The molecule has 0 fully saturated rings. The molecule has 106 valence electrons. The van der Waals surface area contributed by atoms with Crippen molar-refractivity contribution in [2.45, 2.75) is 6.92 Å². The number of esters is 1. The van der Waals surface area contributed by atoms with Crippen LogP contribution in [-0.2, 0) is 14.8 Å². The quantitative estimate of drug-likeness (QED) is 0.550. The molecule has 7 nitrogen and oxygen atoms in total. The Bertz CT molecular complexity index is 513. The number of hydrogen-bond acceptors (Lipinski definition) is 6. The topological polar surface area (TPSA) is 97.4 Å². The minimum atomic E-state index is -3.17. The van der Waals surface area contributed by atoms with Crippen LogP contribution in [0.25, 0.3) is 0 Å². The number of aromatic nitrogens is 1. The zero-order valence-electron chi connectivity index (χ0n) is 10.8. The molecule has 1 rings (SSSR count). The van der Waals surface area contributed by atoms with Crippen LogP contribution >= 0.6 is 0 Å². The third-order valence-corrected chi connectivity index (χ3v) is 2.80.